The molecule has 1 amide bonds. The van der Waals surface area contributed by atoms with Gasteiger partial charge in [0.1, 0.15) is 12.7 Å². The van der Waals surface area contributed by atoms with Crippen LogP contribution in [0, 0.1) is 0 Å². The van der Waals surface area contributed by atoms with Gasteiger partial charge in [0.2, 0.25) is 0 Å². The molecule has 0 bridgehead atoms. The second kappa shape index (κ2) is 8.63. The first-order valence-electron chi connectivity index (χ1n) is 9.56. The Morgan fingerprint density at radius 3 is 2.41 bits per heavy atom. The van der Waals surface area contributed by atoms with E-state index in [4.69, 9.17) is 0 Å². The summed E-state index contributed by atoms with van der Waals surface area (Å²) in [6, 6.07) is 7.79. The van der Waals surface area contributed by atoms with Crippen molar-refractivity contribution in [2.24, 2.45) is 0 Å². The topological polar surface area (TPSA) is 74.5 Å². The number of piperazine rings is 1. The molecule has 0 unspecified atom stereocenters. The zero-order valence-corrected chi connectivity index (χ0v) is 16.2. The smallest absolute Gasteiger partial charge is 0.253 e. The van der Waals surface area contributed by atoms with Crippen molar-refractivity contribution in [1.82, 2.24) is 24.6 Å². The molecule has 1 N–H and O–H groups in total. The van der Waals surface area contributed by atoms with Crippen LogP contribution in [0.25, 0.3) is 0 Å². The Labute approximate surface area is 160 Å². The highest BCUT2D eigenvalue weighted by atomic mass is 16.3. The summed E-state index contributed by atoms with van der Waals surface area (Å²) in [5.74, 6) is 0.0972. The van der Waals surface area contributed by atoms with Gasteiger partial charge in [-0.3, -0.25) is 14.4 Å². The zero-order chi connectivity index (χ0) is 19.3. The minimum absolute atomic E-state index is 0.0972. The molecule has 2 aromatic rings. The van der Waals surface area contributed by atoms with Crippen LogP contribution in [0.1, 0.15) is 36.2 Å². The Morgan fingerprint density at radius 1 is 1.11 bits per heavy atom. The highest BCUT2D eigenvalue weighted by Crippen LogP contribution is 2.15. The van der Waals surface area contributed by atoms with Gasteiger partial charge >= 0.3 is 0 Å². The van der Waals surface area contributed by atoms with Crippen LogP contribution >= 0.6 is 0 Å². The van der Waals surface area contributed by atoms with Crippen LogP contribution < -0.4 is 0 Å². The molecular weight excluding hydrogens is 342 g/mol. The molecule has 7 nitrogen and oxygen atoms in total. The summed E-state index contributed by atoms with van der Waals surface area (Å²) in [6.45, 7) is 8.62. The Morgan fingerprint density at radius 2 is 1.81 bits per heavy atom. The molecule has 0 radical (unpaired) electrons. The Balaban J connectivity index is 1.46. The standard InChI is InChI=1S/C20H29N5O2/c1-20(2,27)8-7-17-3-5-18(6-4-17)19(26)24-12-9-23(10-13-24)11-14-25-16-21-15-22-25/h3-6,15-16,27H,7-14H2,1-2H3. The molecule has 0 aliphatic carbocycles. The molecule has 1 aliphatic heterocycles. The van der Waals surface area contributed by atoms with Crippen LogP contribution in [-0.2, 0) is 13.0 Å². The first-order chi connectivity index (χ1) is 12.9. The zero-order valence-electron chi connectivity index (χ0n) is 16.2. The Hall–Kier alpha value is -2.25. The molecule has 1 aliphatic rings. The maximum Gasteiger partial charge on any atom is 0.253 e. The number of nitrogens with zero attached hydrogens (tertiary/aromatic N) is 5. The second-order valence-corrected chi connectivity index (χ2v) is 7.80. The van der Waals surface area contributed by atoms with E-state index in [0.717, 1.165) is 56.8 Å². The molecule has 146 valence electrons. The van der Waals surface area contributed by atoms with Crippen molar-refractivity contribution < 1.29 is 9.90 Å². The lowest BCUT2D eigenvalue weighted by atomic mass is 9.98. The van der Waals surface area contributed by atoms with Gasteiger partial charge in [-0.25, -0.2) is 4.98 Å². The Kier molecular flexibility index (Phi) is 6.23. The maximum absolute atomic E-state index is 12.7. The van der Waals surface area contributed by atoms with Gasteiger partial charge in [0, 0.05) is 38.3 Å². The lowest BCUT2D eigenvalue weighted by Gasteiger charge is -2.34. The molecule has 3 rings (SSSR count). The second-order valence-electron chi connectivity index (χ2n) is 7.80. The fraction of sp³-hybridized carbons (Fsp3) is 0.550. The molecule has 27 heavy (non-hydrogen) atoms. The van der Waals surface area contributed by atoms with E-state index in [1.54, 1.807) is 12.7 Å². The number of rotatable bonds is 7. The van der Waals surface area contributed by atoms with Gasteiger partial charge in [-0.2, -0.15) is 5.10 Å². The van der Waals surface area contributed by atoms with Gasteiger partial charge in [-0.15, -0.1) is 0 Å². The molecular formula is C20H29N5O2. The summed E-state index contributed by atoms with van der Waals surface area (Å²) in [7, 11) is 0. The van der Waals surface area contributed by atoms with Crippen LogP contribution in [-0.4, -0.2) is 73.9 Å². The van der Waals surface area contributed by atoms with Gasteiger partial charge in [0.25, 0.3) is 5.91 Å². The van der Waals surface area contributed by atoms with Gasteiger partial charge in [0.15, 0.2) is 0 Å². The summed E-state index contributed by atoms with van der Waals surface area (Å²) in [6.07, 6.45) is 4.79. The van der Waals surface area contributed by atoms with Crippen molar-refractivity contribution in [3.05, 3.63) is 48.0 Å². The highest BCUT2D eigenvalue weighted by Gasteiger charge is 2.22. The summed E-state index contributed by atoms with van der Waals surface area (Å²) in [4.78, 5) is 21.0. The van der Waals surface area contributed by atoms with Crippen molar-refractivity contribution >= 4 is 5.91 Å². The van der Waals surface area contributed by atoms with Crippen molar-refractivity contribution in [3.8, 4) is 0 Å². The monoisotopic (exact) mass is 371 g/mol. The lowest BCUT2D eigenvalue weighted by molar-refractivity contribution is 0.0631. The molecule has 0 saturated carbocycles. The van der Waals surface area contributed by atoms with Crippen molar-refractivity contribution in [3.63, 3.8) is 0 Å². The lowest BCUT2D eigenvalue weighted by Crippen LogP contribution is -2.49. The largest absolute Gasteiger partial charge is 0.390 e. The maximum atomic E-state index is 12.7. The van der Waals surface area contributed by atoms with Crippen LogP contribution in [0.4, 0.5) is 0 Å². The number of aryl methyl sites for hydroxylation is 1. The number of hydrogen-bond donors (Lipinski definition) is 1. The predicted octanol–water partition coefficient (Wildman–Crippen LogP) is 1.44. The number of hydrogen-bond acceptors (Lipinski definition) is 5. The first kappa shape index (κ1) is 19.5. The number of amides is 1. The number of aromatic nitrogens is 3. The molecule has 2 heterocycles. The van der Waals surface area contributed by atoms with E-state index >= 15 is 0 Å². The minimum Gasteiger partial charge on any atom is -0.390 e. The molecule has 1 aromatic heterocycles. The fourth-order valence-electron chi connectivity index (χ4n) is 3.21. The van der Waals surface area contributed by atoms with E-state index in [2.05, 4.69) is 15.0 Å². The van der Waals surface area contributed by atoms with Crippen LogP contribution in [0.3, 0.4) is 0 Å². The van der Waals surface area contributed by atoms with E-state index in [1.807, 2.05) is 47.7 Å². The molecule has 0 atom stereocenters. The van der Waals surface area contributed by atoms with Gasteiger partial charge in [-0.05, 0) is 44.4 Å². The van der Waals surface area contributed by atoms with Gasteiger partial charge in [-0.1, -0.05) is 12.1 Å². The third-order valence-corrected chi connectivity index (χ3v) is 5.00. The SMILES string of the molecule is CC(C)(O)CCc1ccc(C(=O)N2CCN(CCn3cncn3)CC2)cc1. The number of carbonyl (C=O) groups excluding carboxylic acids is 1. The Bertz CT molecular complexity index is 714. The minimum atomic E-state index is -0.665. The quantitative estimate of drug-likeness (QED) is 0.797. The van der Waals surface area contributed by atoms with Crippen molar-refractivity contribution in [2.45, 2.75) is 38.8 Å². The van der Waals surface area contributed by atoms with Gasteiger partial charge < -0.3 is 10.0 Å². The van der Waals surface area contributed by atoms with E-state index in [9.17, 15) is 9.90 Å². The molecule has 1 aromatic carbocycles. The highest BCUT2D eigenvalue weighted by molar-refractivity contribution is 5.94. The van der Waals surface area contributed by atoms with E-state index < -0.39 is 5.60 Å². The average molecular weight is 371 g/mol. The van der Waals surface area contributed by atoms with E-state index in [-0.39, 0.29) is 5.91 Å². The van der Waals surface area contributed by atoms with Crippen molar-refractivity contribution in [2.75, 3.05) is 32.7 Å². The van der Waals surface area contributed by atoms with Crippen LogP contribution in [0.5, 0.6) is 0 Å². The molecule has 1 fully saturated rings. The molecule has 0 spiro atoms. The molecule has 7 heteroatoms. The summed E-state index contributed by atoms with van der Waals surface area (Å²) >= 11 is 0. The average Bonchev–Trinajstić information content (AvgIpc) is 3.18. The number of benzene rings is 1. The van der Waals surface area contributed by atoms with E-state index in [0.29, 0.717) is 6.42 Å². The van der Waals surface area contributed by atoms with E-state index in [1.165, 1.54) is 0 Å². The predicted molar refractivity (Wildman–Crippen MR) is 103 cm³/mol. The van der Waals surface area contributed by atoms with Gasteiger partial charge in [0.05, 0.1) is 12.1 Å². The van der Waals surface area contributed by atoms with Crippen LogP contribution in [0.15, 0.2) is 36.9 Å². The first-order valence-corrected chi connectivity index (χ1v) is 9.56. The third kappa shape index (κ3) is 5.87. The van der Waals surface area contributed by atoms with Crippen LogP contribution in [0.2, 0.25) is 0 Å². The van der Waals surface area contributed by atoms with Crippen molar-refractivity contribution in [1.29, 1.82) is 0 Å². The number of aliphatic hydroxyl groups is 1. The normalized spacial score (nSPS) is 15.9. The summed E-state index contributed by atoms with van der Waals surface area (Å²) in [5, 5.41) is 14.0. The third-order valence-electron chi connectivity index (χ3n) is 5.00. The fourth-order valence-corrected chi connectivity index (χ4v) is 3.21. The number of carbonyl (C=O) groups is 1. The summed E-state index contributed by atoms with van der Waals surface area (Å²) < 4.78 is 1.83. The summed E-state index contributed by atoms with van der Waals surface area (Å²) in [5.41, 5.74) is 1.21. The molecule has 1 saturated heterocycles.